The highest BCUT2D eigenvalue weighted by molar-refractivity contribution is 5.99. The molecule has 8 aromatic rings. The number of nitrogens with zero attached hydrogens (tertiary/aromatic N) is 4. The molecule has 0 amide bonds. The van der Waals surface area contributed by atoms with Crippen molar-refractivity contribution < 1.29 is 0 Å². The largest absolute Gasteiger partial charge is 0.255 e. The summed E-state index contributed by atoms with van der Waals surface area (Å²) in [5.41, 5.74) is 10.6. The molecule has 0 aliphatic heterocycles. The lowest BCUT2D eigenvalue weighted by molar-refractivity contribution is 1.22. The average Bonchev–Trinajstić information content (AvgIpc) is 3.14. The molecule has 8 rings (SSSR count). The van der Waals surface area contributed by atoms with Crippen molar-refractivity contribution in [3.8, 4) is 62.2 Å². The van der Waals surface area contributed by atoms with Gasteiger partial charge >= 0.3 is 0 Å². The van der Waals surface area contributed by atoms with E-state index >= 15 is 0 Å². The van der Waals surface area contributed by atoms with Gasteiger partial charge in [0, 0.05) is 12.4 Å². The fourth-order valence-corrected chi connectivity index (χ4v) is 6.02. The van der Waals surface area contributed by atoms with Crippen molar-refractivity contribution in [3.05, 3.63) is 164 Å². The Morgan fingerprint density at radius 3 is 1.46 bits per heavy atom. The second-order valence-electron chi connectivity index (χ2n) is 11.3. The quantitative estimate of drug-likeness (QED) is 0.201. The maximum Gasteiger partial charge on any atom is 0.0991 e. The van der Waals surface area contributed by atoms with Crippen molar-refractivity contribution in [2.45, 2.75) is 0 Å². The van der Waals surface area contributed by atoms with Crippen molar-refractivity contribution in [2.75, 3.05) is 0 Å². The fourth-order valence-electron chi connectivity index (χ4n) is 6.02. The van der Waals surface area contributed by atoms with Crippen LogP contribution in [0.3, 0.4) is 0 Å². The monoisotopic (exact) mass is 586 g/mol. The normalized spacial score (nSPS) is 11.0. The molecule has 0 N–H and O–H groups in total. The summed E-state index contributed by atoms with van der Waals surface area (Å²) in [6.07, 6.45) is 3.58. The van der Waals surface area contributed by atoms with Gasteiger partial charge in [-0.25, -0.2) is 4.98 Å². The minimum atomic E-state index is 0.654. The molecule has 0 fully saturated rings. The summed E-state index contributed by atoms with van der Waals surface area (Å²) in [5, 5.41) is 14.0. The van der Waals surface area contributed by atoms with Crippen molar-refractivity contribution in [1.82, 2.24) is 15.0 Å². The van der Waals surface area contributed by atoms with Crippen LogP contribution in [0.4, 0.5) is 0 Å². The summed E-state index contributed by atoms with van der Waals surface area (Å²) >= 11 is 0. The van der Waals surface area contributed by atoms with Gasteiger partial charge in [0.2, 0.25) is 0 Å². The number of aromatic nitrogens is 3. The van der Waals surface area contributed by atoms with Gasteiger partial charge in [0.05, 0.1) is 34.4 Å². The predicted octanol–water partition coefficient (Wildman–Crippen LogP) is 10.4. The number of pyridine rings is 3. The van der Waals surface area contributed by atoms with Crippen LogP contribution in [0.1, 0.15) is 5.56 Å². The lowest BCUT2D eigenvalue weighted by atomic mass is 9.90. The number of hydrogen-bond acceptors (Lipinski definition) is 4. The van der Waals surface area contributed by atoms with E-state index in [4.69, 9.17) is 4.98 Å². The molecule has 0 saturated carbocycles. The molecule has 4 heteroatoms. The fraction of sp³-hybridized carbons (Fsp3) is 0. The van der Waals surface area contributed by atoms with Crippen LogP contribution in [0.15, 0.2) is 158 Å². The number of benzene rings is 5. The summed E-state index contributed by atoms with van der Waals surface area (Å²) in [6.45, 7) is 0. The van der Waals surface area contributed by atoms with E-state index in [2.05, 4.69) is 101 Å². The first kappa shape index (κ1) is 27.1. The molecule has 3 heterocycles. The molecule has 0 unspecified atom stereocenters. The smallest absolute Gasteiger partial charge is 0.0991 e. The average molecular weight is 587 g/mol. The highest BCUT2D eigenvalue weighted by Gasteiger charge is 2.13. The number of nitriles is 1. The van der Waals surface area contributed by atoms with Crippen LogP contribution < -0.4 is 0 Å². The topological polar surface area (TPSA) is 62.5 Å². The summed E-state index contributed by atoms with van der Waals surface area (Å²) in [6, 6.07) is 52.3. The number of rotatable bonds is 5. The van der Waals surface area contributed by atoms with Crippen LogP contribution >= 0.6 is 0 Å². The first-order valence-electron chi connectivity index (χ1n) is 15.1. The third kappa shape index (κ3) is 5.17. The minimum Gasteiger partial charge on any atom is -0.255 e. The third-order valence-corrected chi connectivity index (χ3v) is 8.38. The molecule has 0 radical (unpaired) electrons. The van der Waals surface area contributed by atoms with Gasteiger partial charge in [-0.1, -0.05) is 72.8 Å². The van der Waals surface area contributed by atoms with Crippen LogP contribution in [-0.4, -0.2) is 15.0 Å². The SMILES string of the molecule is N#Cc1ccc(-c2cc3ccccc3cc2-c2ccc3cc(-c4cc(-c5ccccn5)nc(-c5ccccn5)c4)ccc3c2)cc1. The van der Waals surface area contributed by atoms with E-state index in [1.807, 2.05) is 60.7 Å². The first-order chi connectivity index (χ1) is 22.7. The van der Waals surface area contributed by atoms with E-state index in [-0.39, 0.29) is 0 Å². The van der Waals surface area contributed by atoms with Gasteiger partial charge < -0.3 is 0 Å². The maximum absolute atomic E-state index is 9.34. The van der Waals surface area contributed by atoms with Crippen LogP contribution in [0.2, 0.25) is 0 Å². The zero-order valence-corrected chi connectivity index (χ0v) is 24.8. The van der Waals surface area contributed by atoms with Gasteiger partial charge in [-0.3, -0.25) is 9.97 Å². The van der Waals surface area contributed by atoms with Crippen LogP contribution in [-0.2, 0) is 0 Å². The molecule has 0 atom stereocenters. The lowest BCUT2D eigenvalue weighted by Gasteiger charge is -2.14. The number of hydrogen-bond donors (Lipinski definition) is 0. The van der Waals surface area contributed by atoms with Gasteiger partial charge in [0.1, 0.15) is 0 Å². The van der Waals surface area contributed by atoms with E-state index in [0.717, 1.165) is 66.9 Å². The molecule has 0 bridgehead atoms. The van der Waals surface area contributed by atoms with Crippen LogP contribution in [0, 0.1) is 11.3 Å². The summed E-state index contributed by atoms with van der Waals surface area (Å²) in [7, 11) is 0. The summed E-state index contributed by atoms with van der Waals surface area (Å²) in [5.74, 6) is 0. The van der Waals surface area contributed by atoms with E-state index in [0.29, 0.717) is 5.56 Å². The maximum atomic E-state index is 9.34. The van der Waals surface area contributed by atoms with Gasteiger partial charge in [-0.05, 0) is 128 Å². The molecule has 0 saturated heterocycles. The standard InChI is InChI=1S/C42H26N4/c43-27-28-11-13-29(14-12-28)37-23-30-7-1-2-8-31(30)24-38(37)35-18-17-32-21-34(16-15-33(32)22-35)36-25-41(39-9-3-5-19-44-39)46-42(26-36)40-10-4-6-20-45-40/h1-26H. The first-order valence-corrected chi connectivity index (χ1v) is 15.1. The van der Waals surface area contributed by atoms with Gasteiger partial charge in [0.25, 0.3) is 0 Å². The molecular formula is C42H26N4. The zero-order valence-electron chi connectivity index (χ0n) is 24.8. The van der Waals surface area contributed by atoms with Crippen LogP contribution in [0.5, 0.6) is 0 Å². The third-order valence-electron chi connectivity index (χ3n) is 8.38. The molecule has 0 aliphatic carbocycles. The molecular weight excluding hydrogens is 560 g/mol. The van der Waals surface area contributed by atoms with Crippen molar-refractivity contribution in [1.29, 1.82) is 5.26 Å². The van der Waals surface area contributed by atoms with E-state index in [9.17, 15) is 5.26 Å². The minimum absolute atomic E-state index is 0.654. The van der Waals surface area contributed by atoms with Crippen molar-refractivity contribution in [3.63, 3.8) is 0 Å². The highest BCUT2D eigenvalue weighted by Crippen LogP contribution is 2.38. The Morgan fingerprint density at radius 2 is 0.891 bits per heavy atom. The molecule has 46 heavy (non-hydrogen) atoms. The molecule has 214 valence electrons. The summed E-state index contributed by atoms with van der Waals surface area (Å²) in [4.78, 5) is 14.1. The molecule has 3 aromatic heterocycles. The van der Waals surface area contributed by atoms with E-state index in [1.165, 1.54) is 10.8 Å². The Hall–Kier alpha value is -6.44. The van der Waals surface area contributed by atoms with E-state index in [1.54, 1.807) is 12.4 Å². The Morgan fingerprint density at radius 1 is 0.391 bits per heavy atom. The molecule has 0 spiro atoms. The molecule has 4 nitrogen and oxygen atoms in total. The zero-order chi connectivity index (χ0) is 30.9. The summed E-state index contributed by atoms with van der Waals surface area (Å²) < 4.78 is 0. The van der Waals surface area contributed by atoms with Crippen molar-refractivity contribution in [2.24, 2.45) is 0 Å². The van der Waals surface area contributed by atoms with Gasteiger partial charge in [-0.15, -0.1) is 0 Å². The van der Waals surface area contributed by atoms with Gasteiger partial charge in [0.15, 0.2) is 0 Å². The Kier molecular flexibility index (Phi) is 6.83. The van der Waals surface area contributed by atoms with E-state index < -0.39 is 0 Å². The van der Waals surface area contributed by atoms with Crippen LogP contribution in [0.25, 0.3) is 77.7 Å². The molecule has 5 aromatic carbocycles. The predicted molar refractivity (Wildman–Crippen MR) is 187 cm³/mol. The second kappa shape index (κ2) is 11.6. The Bertz CT molecular complexity index is 2350. The molecule has 0 aliphatic rings. The lowest BCUT2D eigenvalue weighted by Crippen LogP contribution is -1.94. The number of fused-ring (bicyclic) bond motifs is 2. The Labute approximate surface area is 266 Å². The van der Waals surface area contributed by atoms with Gasteiger partial charge in [-0.2, -0.15) is 5.26 Å². The van der Waals surface area contributed by atoms with Crippen molar-refractivity contribution >= 4 is 21.5 Å². The Balaban J connectivity index is 1.24. The second-order valence-corrected chi connectivity index (χ2v) is 11.3. The highest BCUT2D eigenvalue weighted by atomic mass is 14.8.